The SMILES string of the molecule is CCCCCCC1(CN=O)CCCCC1. The fraction of sp³-hybridized carbons (Fsp3) is 1.00. The van der Waals surface area contributed by atoms with E-state index in [9.17, 15) is 4.91 Å². The van der Waals surface area contributed by atoms with Gasteiger partial charge in [-0.05, 0) is 24.7 Å². The summed E-state index contributed by atoms with van der Waals surface area (Å²) in [7, 11) is 0. The van der Waals surface area contributed by atoms with Gasteiger partial charge in [-0.3, -0.25) is 0 Å². The predicted octanol–water partition coefficient (Wildman–Crippen LogP) is 4.67. The van der Waals surface area contributed by atoms with Crippen LogP contribution in [0.1, 0.15) is 71.1 Å². The molecular weight excluding hydrogens is 186 g/mol. The molecule has 0 aliphatic heterocycles. The van der Waals surface area contributed by atoms with E-state index in [2.05, 4.69) is 12.1 Å². The first-order valence-electron chi connectivity index (χ1n) is 6.62. The van der Waals surface area contributed by atoms with Crippen LogP contribution in [0.3, 0.4) is 0 Å². The van der Waals surface area contributed by atoms with Crippen LogP contribution in [0.4, 0.5) is 0 Å². The highest BCUT2D eigenvalue weighted by atomic mass is 16.3. The highest BCUT2D eigenvalue weighted by Crippen LogP contribution is 2.40. The van der Waals surface area contributed by atoms with Crippen LogP contribution in [0.15, 0.2) is 5.18 Å². The lowest BCUT2D eigenvalue weighted by molar-refractivity contribution is 0.176. The van der Waals surface area contributed by atoms with Crippen molar-refractivity contribution in [2.45, 2.75) is 71.1 Å². The zero-order chi connectivity index (χ0) is 11.0. The van der Waals surface area contributed by atoms with E-state index in [-0.39, 0.29) is 0 Å². The normalized spacial score (nSPS) is 20.1. The van der Waals surface area contributed by atoms with Crippen molar-refractivity contribution in [2.24, 2.45) is 10.6 Å². The Hall–Kier alpha value is -0.400. The van der Waals surface area contributed by atoms with E-state index >= 15 is 0 Å². The minimum atomic E-state index is 0.299. The molecule has 0 amide bonds. The summed E-state index contributed by atoms with van der Waals surface area (Å²) in [5.74, 6) is 0. The van der Waals surface area contributed by atoms with E-state index in [0.717, 1.165) is 0 Å². The van der Waals surface area contributed by atoms with E-state index in [1.54, 1.807) is 0 Å². The fourth-order valence-electron chi connectivity index (χ4n) is 2.85. The quantitative estimate of drug-likeness (QED) is 0.444. The third-order valence-corrected chi connectivity index (χ3v) is 3.87. The molecule has 0 spiro atoms. The Kier molecular flexibility index (Phi) is 5.89. The molecule has 0 unspecified atom stereocenters. The van der Waals surface area contributed by atoms with E-state index in [1.165, 1.54) is 64.2 Å². The lowest BCUT2D eigenvalue weighted by Crippen LogP contribution is -2.27. The first-order valence-corrected chi connectivity index (χ1v) is 6.62. The minimum absolute atomic E-state index is 0.299. The number of hydrogen-bond donors (Lipinski definition) is 0. The molecule has 1 rings (SSSR count). The Bertz CT molecular complexity index is 173. The van der Waals surface area contributed by atoms with Crippen LogP contribution >= 0.6 is 0 Å². The summed E-state index contributed by atoms with van der Waals surface area (Å²) in [6, 6.07) is 0. The number of hydrogen-bond acceptors (Lipinski definition) is 2. The Morgan fingerprint density at radius 3 is 2.40 bits per heavy atom. The van der Waals surface area contributed by atoms with Gasteiger partial charge in [-0.1, -0.05) is 57.0 Å². The first-order chi connectivity index (χ1) is 7.33. The molecule has 1 aliphatic rings. The molecule has 0 atom stereocenters. The zero-order valence-electron chi connectivity index (χ0n) is 10.1. The number of nitroso groups, excluding NO2 is 1. The molecule has 2 nitrogen and oxygen atoms in total. The second-order valence-corrected chi connectivity index (χ2v) is 5.16. The maximum absolute atomic E-state index is 10.5. The molecule has 2 heteroatoms. The highest BCUT2D eigenvalue weighted by molar-refractivity contribution is 4.84. The molecule has 0 N–H and O–H groups in total. The highest BCUT2D eigenvalue weighted by Gasteiger charge is 2.31. The number of nitrogens with zero attached hydrogens (tertiary/aromatic N) is 1. The van der Waals surface area contributed by atoms with Gasteiger partial charge < -0.3 is 0 Å². The minimum Gasteiger partial charge on any atom is -0.151 e. The van der Waals surface area contributed by atoms with Crippen LogP contribution in [-0.2, 0) is 0 Å². The van der Waals surface area contributed by atoms with Crippen LogP contribution in [0.5, 0.6) is 0 Å². The summed E-state index contributed by atoms with van der Waals surface area (Å²) in [6.45, 7) is 2.81. The Morgan fingerprint density at radius 2 is 1.80 bits per heavy atom. The lowest BCUT2D eigenvalue weighted by Gasteiger charge is -2.35. The van der Waals surface area contributed by atoms with Crippen LogP contribution in [0.25, 0.3) is 0 Å². The van der Waals surface area contributed by atoms with Gasteiger partial charge in [0.1, 0.15) is 0 Å². The maximum Gasteiger partial charge on any atom is 0.0867 e. The van der Waals surface area contributed by atoms with Gasteiger partial charge in [0.05, 0.1) is 6.54 Å². The molecular formula is C13H25NO. The molecule has 0 bridgehead atoms. The van der Waals surface area contributed by atoms with Crippen LogP contribution in [0.2, 0.25) is 0 Å². The van der Waals surface area contributed by atoms with Crippen LogP contribution in [0, 0.1) is 10.3 Å². The molecule has 15 heavy (non-hydrogen) atoms. The lowest BCUT2D eigenvalue weighted by atomic mass is 9.71. The van der Waals surface area contributed by atoms with E-state index in [4.69, 9.17) is 0 Å². The van der Waals surface area contributed by atoms with Crippen molar-refractivity contribution in [1.29, 1.82) is 0 Å². The Balaban J connectivity index is 2.31. The fourth-order valence-corrected chi connectivity index (χ4v) is 2.85. The van der Waals surface area contributed by atoms with Gasteiger partial charge in [0.25, 0.3) is 0 Å². The summed E-state index contributed by atoms with van der Waals surface area (Å²) in [4.78, 5) is 10.5. The standard InChI is InChI=1S/C13H25NO/c1-2-3-4-6-9-13(12-14-15)10-7-5-8-11-13/h2-12H2,1H3. The molecule has 1 fully saturated rings. The number of rotatable bonds is 7. The largest absolute Gasteiger partial charge is 0.151 e. The molecule has 0 radical (unpaired) electrons. The van der Waals surface area contributed by atoms with Gasteiger partial charge in [0, 0.05) is 0 Å². The van der Waals surface area contributed by atoms with Gasteiger partial charge in [-0.25, -0.2) is 0 Å². The van der Waals surface area contributed by atoms with Crippen molar-refractivity contribution in [3.05, 3.63) is 4.91 Å². The summed E-state index contributed by atoms with van der Waals surface area (Å²) in [6.07, 6.45) is 12.9. The van der Waals surface area contributed by atoms with Gasteiger partial charge in [0.15, 0.2) is 0 Å². The maximum atomic E-state index is 10.5. The molecule has 1 saturated carbocycles. The molecule has 0 aromatic heterocycles. The third-order valence-electron chi connectivity index (χ3n) is 3.87. The summed E-state index contributed by atoms with van der Waals surface area (Å²) in [5, 5.41) is 3.18. The molecule has 0 aromatic carbocycles. The topological polar surface area (TPSA) is 29.4 Å². The molecule has 0 heterocycles. The van der Waals surface area contributed by atoms with Gasteiger partial charge in [-0.15, -0.1) is 0 Å². The Labute approximate surface area is 93.8 Å². The van der Waals surface area contributed by atoms with E-state index < -0.39 is 0 Å². The molecule has 0 saturated heterocycles. The second-order valence-electron chi connectivity index (χ2n) is 5.16. The van der Waals surface area contributed by atoms with Crippen molar-refractivity contribution < 1.29 is 0 Å². The van der Waals surface area contributed by atoms with Crippen LogP contribution in [-0.4, -0.2) is 6.54 Å². The number of unbranched alkanes of at least 4 members (excludes halogenated alkanes) is 3. The average Bonchev–Trinajstić information content (AvgIpc) is 2.26. The molecule has 0 aromatic rings. The average molecular weight is 211 g/mol. The zero-order valence-corrected chi connectivity index (χ0v) is 10.1. The monoisotopic (exact) mass is 211 g/mol. The first kappa shape index (κ1) is 12.7. The van der Waals surface area contributed by atoms with Crippen molar-refractivity contribution in [3.8, 4) is 0 Å². The van der Waals surface area contributed by atoms with Crippen molar-refractivity contribution in [3.63, 3.8) is 0 Å². The van der Waals surface area contributed by atoms with Crippen molar-refractivity contribution in [2.75, 3.05) is 6.54 Å². The van der Waals surface area contributed by atoms with Crippen molar-refractivity contribution >= 4 is 0 Å². The van der Waals surface area contributed by atoms with Gasteiger partial charge in [-0.2, -0.15) is 4.91 Å². The van der Waals surface area contributed by atoms with Crippen LogP contribution < -0.4 is 0 Å². The van der Waals surface area contributed by atoms with Crippen molar-refractivity contribution in [1.82, 2.24) is 0 Å². The second kappa shape index (κ2) is 6.97. The summed E-state index contributed by atoms with van der Waals surface area (Å²) < 4.78 is 0. The molecule has 88 valence electrons. The van der Waals surface area contributed by atoms with Gasteiger partial charge >= 0.3 is 0 Å². The summed E-state index contributed by atoms with van der Waals surface area (Å²) >= 11 is 0. The third kappa shape index (κ3) is 4.31. The smallest absolute Gasteiger partial charge is 0.0867 e. The predicted molar refractivity (Wildman–Crippen MR) is 64.9 cm³/mol. The summed E-state index contributed by atoms with van der Waals surface area (Å²) in [5.41, 5.74) is 0.299. The van der Waals surface area contributed by atoms with E-state index in [0.29, 0.717) is 12.0 Å². The Morgan fingerprint density at radius 1 is 1.07 bits per heavy atom. The van der Waals surface area contributed by atoms with E-state index in [1.807, 2.05) is 0 Å². The molecule has 1 aliphatic carbocycles. The van der Waals surface area contributed by atoms with Gasteiger partial charge in [0.2, 0.25) is 0 Å².